The molecule has 0 radical (unpaired) electrons. The second-order valence-electron chi connectivity index (χ2n) is 5.88. The van der Waals surface area contributed by atoms with Crippen LogP contribution in [-0.4, -0.2) is 33.4 Å². The van der Waals surface area contributed by atoms with Crippen LogP contribution in [0.3, 0.4) is 0 Å². The molecule has 2 heterocycles. The summed E-state index contributed by atoms with van der Waals surface area (Å²) in [5.74, 6) is 0.173. The molecule has 1 saturated heterocycles. The first kappa shape index (κ1) is 16.2. The molecule has 7 heteroatoms. The molecule has 1 aromatic heterocycles. The molecule has 2 aromatic rings. The van der Waals surface area contributed by atoms with Crippen molar-refractivity contribution in [3.05, 3.63) is 48.1 Å². The Bertz CT molecular complexity index is 687. The first-order valence-electron chi connectivity index (χ1n) is 8.08. The molecule has 0 spiro atoms. The molecule has 1 aliphatic rings. The number of hydrogen-bond acceptors (Lipinski definition) is 5. The van der Waals surface area contributed by atoms with Crippen molar-refractivity contribution >= 4 is 11.8 Å². The standard InChI is InChI=1S/C17H20N4O3/c1-12(16-18-11-24-20-16)19-17(23)15(13-7-3-2-4-8-13)21-10-6-5-9-14(21)22/h2-4,7-8,11-12,15H,5-6,9-10H2,1H3,(H,19,23). The van der Waals surface area contributed by atoms with Crippen molar-refractivity contribution in [2.45, 2.75) is 38.3 Å². The van der Waals surface area contributed by atoms with Crippen LogP contribution in [0.25, 0.3) is 0 Å². The number of nitrogens with zero attached hydrogens (tertiary/aromatic N) is 3. The van der Waals surface area contributed by atoms with E-state index < -0.39 is 12.1 Å². The monoisotopic (exact) mass is 328 g/mol. The van der Waals surface area contributed by atoms with Crippen molar-refractivity contribution in [3.63, 3.8) is 0 Å². The molecule has 2 atom stereocenters. The van der Waals surface area contributed by atoms with E-state index in [1.165, 1.54) is 6.39 Å². The van der Waals surface area contributed by atoms with Crippen LogP contribution in [-0.2, 0) is 9.59 Å². The van der Waals surface area contributed by atoms with Crippen LogP contribution >= 0.6 is 0 Å². The highest BCUT2D eigenvalue weighted by Crippen LogP contribution is 2.26. The number of aromatic nitrogens is 2. The third kappa shape index (κ3) is 3.45. The zero-order valence-corrected chi connectivity index (χ0v) is 13.5. The van der Waals surface area contributed by atoms with E-state index in [4.69, 9.17) is 4.52 Å². The Hall–Kier alpha value is -2.70. The highest BCUT2D eigenvalue weighted by Gasteiger charge is 2.33. The second kappa shape index (κ2) is 7.25. The Kier molecular flexibility index (Phi) is 4.88. The third-order valence-corrected chi connectivity index (χ3v) is 4.16. The molecule has 0 aliphatic carbocycles. The van der Waals surface area contributed by atoms with Gasteiger partial charge >= 0.3 is 0 Å². The fourth-order valence-corrected chi connectivity index (χ4v) is 2.93. The van der Waals surface area contributed by atoms with Gasteiger partial charge in [0, 0.05) is 13.0 Å². The van der Waals surface area contributed by atoms with Gasteiger partial charge in [-0.25, -0.2) is 0 Å². The second-order valence-corrected chi connectivity index (χ2v) is 5.88. The summed E-state index contributed by atoms with van der Waals surface area (Å²) < 4.78 is 4.72. The Morgan fingerprint density at radius 1 is 1.29 bits per heavy atom. The molecule has 1 N–H and O–H groups in total. The molecule has 2 unspecified atom stereocenters. The average molecular weight is 328 g/mol. The third-order valence-electron chi connectivity index (χ3n) is 4.16. The summed E-state index contributed by atoms with van der Waals surface area (Å²) in [6.45, 7) is 2.37. The van der Waals surface area contributed by atoms with Crippen LogP contribution < -0.4 is 5.32 Å². The summed E-state index contributed by atoms with van der Waals surface area (Å²) in [6, 6.07) is 8.31. The minimum Gasteiger partial charge on any atom is -0.344 e. The Morgan fingerprint density at radius 2 is 2.08 bits per heavy atom. The number of carbonyl (C=O) groups is 2. The van der Waals surface area contributed by atoms with E-state index in [0.717, 1.165) is 18.4 Å². The molecule has 126 valence electrons. The van der Waals surface area contributed by atoms with Gasteiger partial charge in [-0.15, -0.1) is 0 Å². The molecule has 7 nitrogen and oxygen atoms in total. The summed E-state index contributed by atoms with van der Waals surface area (Å²) >= 11 is 0. The van der Waals surface area contributed by atoms with Crippen LogP contribution in [0.2, 0.25) is 0 Å². The lowest BCUT2D eigenvalue weighted by Crippen LogP contribution is -2.46. The van der Waals surface area contributed by atoms with E-state index in [2.05, 4.69) is 15.5 Å². The summed E-state index contributed by atoms with van der Waals surface area (Å²) in [7, 11) is 0. The van der Waals surface area contributed by atoms with Gasteiger partial charge in [0.1, 0.15) is 6.04 Å². The maximum atomic E-state index is 12.9. The zero-order chi connectivity index (χ0) is 16.9. The van der Waals surface area contributed by atoms with Crippen molar-refractivity contribution in [3.8, 4) is 0 Å². The molecule has 0 bridgehead atoms. The summed E-state index contributed by atoms with van der Waals surface area (Å²) in [4.78, 5) is 30.9. The predicted molar refractivity (Wildman–Crippen MR) is 85.6 cm³/mol. The van der Waals surface area contributed by atoms with Crippen LogP contribution in [0.1, 0.15) is 49.7 Å². The van der Waals surface area contributed by atoms with Gasteiger partial charge in [0.15, 0.2) is 5.82 Å². The maximum Gasteiger partial charge on any atom is 0.248 e. The Morgan fingerprint density at radius 3 is 2.75 bits per heavy atom. The first-order valence-corrected chi connectivity index (χ1v) is 8.08. The Balaban J connectivity index is 1.83. The van der Waals surface area contributed by atoms with Gasteiger partial charge < -0.3 is 14.7 Å². The summed E-state index contributed by atoms with van der Waals surface area (Å²) in [5, 5.41) is 6.63. The Labute approximate surface area is 140 Å². The first-order chi connectivity index (χ1) is 11.7. The fourth-order valence-electron chi connectivity index (χ4n) is 2.93. The fraction of sp³-hybridized carbons (Fsp3) is 0.412. The minimum atomic E-state index is -0.645. The van der Waals surface area contributed by atoms with Crippen LogP contribution in [0.5, 0.6) is 0 Å². The molecule has 1 fully saturated rings. The van der Waals surface area contributed by atoms with Crippen molar-refractivity contribution in [1.82, 2.24) is 20.4 Å². The van der Waals surface area contributed by atoms with Gasteiger partial charge in [0.25, 0.3) is 0 Å². The lowest BCUT2D eigenvalue weighted by atomic mass is 10.00. The molecule has 2 amide bonds. The zero-order valence-electron chi connectivity index (χ0n) is 13.5. The predicted octanol–water partition coefficient (Wildman–Crippen LogP) is 2.00. The maximum absolute atomic E-state index is 12.9. The van der Waals surface area contributed by atoms with Crippen LogP contribution in [0.15, 0.2) is 41.2 Å². The van der Waals surface area contributed by atoms with Crippen molar-refractivity contribution < 1.29 is 14.1 Å². The van der Waals surface area contributed by atoms with E-state index in [9.17, 15) is 9.59 Å². The number of likely N-dealkylation sites (tertiary alicyclic amines) is 1. The van der Waals surface area contributed by atoms with Gasteiger partial charge in [0.2, 0.25) is 18.2 Å². The van der Waals surface area contributed by atoms with E-state index in [1.807, 2.05) is 30.3 Å². The molecular weight excluding hydrogens is 308 g/mol. The molecule has 1 aliphatic heterocycles. The molecule has 0 saturated carbocycles. The van der Waals surface area contributed by atoms with Crippen LogP contribution in [0, 0.1) is 0 Å². The number of amides is 2. The van der Waals surface area contributed by atoms with Gasteiger partial charge in [-0.1, -0.05) is 35.5 Å². The van der Waals surface area contributed by atoms with E-state index in [-0.39, 0.29) is 11.8 Å². The quantitative estimate of drug-likeness (QED) is 0.907. The number of piperidine rings is 1. The van der Waals surface area contributed by atoms with E-state index >= 15 is 0 Å². The van der Waals surface area contributed by atoms with Gasteiger partial charge in [0.05, 0.1) is 6.04 Å². The smallest absolute Gasteiger partial charge is 0.248 e. The highest BCUT2D eigenvalue weighted by molar-refractivity contribution is 5.89. The normalized spacial score (nSPS) is 17.4. The lowest BCUT2D eigenvalue weighted by Gasteiger charge is -2.34. The van der Waals surface area contributed by atoms with E-state index in [1.54, 1.807) is 11.8 Å². The van der Waals surface area contributed by atoms with Crippen LogP contribution in [0.4, 0.5) is 0 Å². The number of hydrogen-bond donors (Lipinski definition) is 1. The number of rotatable bonds is 5. The molecule has 24 heavy (non-hydrogen) atoms. The van der Waals surface area contributed by atoms with Gasteiger partial charge in [-0.2, -0.15) is 4.98 Å². The number of nitrogens with one attached hydrogen (secondary N) is 1. The van der Waals surface area contributed by atoms with E-state index in [0.29, 0.717) is 18.8 Å². The summed E-state index contributed by atoms with van der Waals surface area (Å²) in [5.41, 5.74) is 0.797. The molecule has 1 aromatic carbocycles. The highest BCUT2D eigenvalue weighted by atomic mass is 16.5. The number of carbonyl (C=O) groups excluding carboxylic acids is 2. The number of benzene rings is 1. The topological polar surface area (TPSA) is 88.3 Å². The lowest BCUT2D eigenvalue weighted by molar-refractivity contribution is -0.143. The van der Waals surface area contributed by atoms with Crippen molar-refractivity contribution in [1.29, 1.82) is 0 Å². The molecule has 3 rings (SSSR count). The minimum absolute atomic E-state index is 0.0115. The van der Waals surface area contributed by atoms with Crippen molar-refractivity contribution in [2.24, 2.45) is 0 Å². The van der Waals surface area contributed by atoms with Gasteiger partial charge in [-0.05, 0) is 25.3 Å². The SMILES string of the molecule is CC(NC(=O)C(c1ccccc1)N1CCCCC1=O)c1ncon1. The summed E-state index contributed by atoms with van der Waals surface area (Å²) in [6.07, 6.45) is 3.48. The average Bonchev–Trinajstić information content (AvgIpc) is 3.12. The molecular formula is C17H20N4O3. The van der Waals surface area contributed by atoms with Gasteiger partial charge in [-0.3, -0.25) is 9.59 Å². The largest absolute Gasteiger partial charge is 0.344 e. The van der Waals surface area contributed by atoms with Crippen molar-refractivity contribution in [2.75, 3.05) is 6.54 Å².